The van der Waals surface area contributed by atoms with Gasteiger partial charge in [-0.15, -0.1) is 0 Å². The van der Waals surface area contributed by atoms with E-state index in [1.165, 1.54) is 0 Å². The fourth-order valence-corrected chi connectivity index (χ4v) is 2.51. The number of halogens is 1. The summed E-state index contributed by atoms with van der Waals surface area (Å²) >= 11 is 3.45. The van der Waals surface area contributed by atoms with Gasteiger partial charge in [-0.25, -0.2) is 9.97 Å². The van der Waals surface area contributed by atoms with E-state index < -0.39 is 0 Å². The van der Waals surface area contributed by atoms with E-state index in [0.717, 1.165) is 46.0 Å². The quantitative estimate of drug-likeness (QED) is 0.824. The molecule has 0 aliphatic carbocycles. The molecule has 0 radical (unpaired) electrons. The first-order valence-electron chi connectivity index (χ1n) is 6.81. The monoisotopic (exact) mass is 350 g/mol. The Hall–Kier alpha value is -1.82. The number of nitrogens with zero attached hydrogens (tertiary/aromatic N) is 2. The molecule has 0 saturated carbocycles. The van der Waals surface area contributed by atoms with Gasteiger partial charge in [0.25, 0.3) is 0 Å². The molecule has 0 amide bonds. The van der Waals surface area contributed by atoms with Crippen LogP contribution in [-0.2, 0) is 6.42 Å². The number of hydrogen-bond acceptors (Lipinski definition) is 5. The molecule has 5 nitrogen and oxygen atoms in total. The van der Waals surface area contributed by atoms with Crippen molar-refractivity contribution in [1.29, 1.82) is 0 Å². The molecule has 0 saturated heterocycles. The van der Waals surface area contributed by atoms with Crippen LogP contribution in [0.4, 0.5) is 17.3 Å². The molecule has 0 bridgehead atoms. The lowest BCUT2D eigenvalue weighted by Gasteiger charge is -2.14. The van der Waals surface area contributed by atoms with Crippen LogP contribution in [-0.4, -0.2) is 24.1 Å². The summed E-state index contributed by atoms with van der Waals surface area (Å²) in [6.07, 6.45) is 3.50. The first kappa shape index (κ1) is 15.6. The minimum absolute atomic E-state index is 0.778. The molecule has 112 valence electrons. The molecule has 0 aliphatic rings. The van der Waals surface area contributed by atoms with Gasteiger partial charge in [0, 0.05) is 24.4 Å². The zero-order valence-corrected chi connectivity index (χ0v) is 14.0. The largest absolute Gasteiger partial charge is 0.495 e. The number of rotatable bonds is 6. The van der Waals surface area contributed by atoms with E-state index >= 15 is 0 Å². The van der Waals surface area contributed by atoms with Crippen LogP contribution in [0.3, 0.4) is 0 Å². The van der Waals surface area contributed by atoms with Crippen molar-refractivity contribution in [1.82, 2.24) is 9.97 Å². The van der Waals surface area contributed by atoms with E-state index in [1.807, 2.05) is 25.2 Å². The lowest BCUT2D eigenvalue weighted by atomic mass is 10.1. The van der Waals surface area contributed by atoms with Gasteiger partial charge in [0.05, 0.1) is 11.6 Å². The summed E-state index contributed by atoms with van der Waals surface area (Å²) in [6, 6.07) is 5.85. The molecule has 1 aromatic carbocycles. The summed E-state index contributed by atoms with van der Waals surface area (Å²) in [5.74, 6) is 2.46. The predicted octanol–water partition coefficient (Wildman–Crippen LogP) is 3.99. The second-order valence-electron chi connectivity index (χ2n) is 4.52. The van der Waals surface area contributed by atoms with Gasteiger partial charge < -0.3 is 15.4 Å². The van der Waals surface area contributed by atoms with E-state index in [1.54, 1.807) is 13.4 Å². The van der Waals surface area contributed by atoms with Gasteiger partial charge in [-0.05, 0) is 34.5 Å². The van der Waals surface area contributed by atoms with Gasteiger partial charge in [0.1, 0.15) is 23.7 Å². The van der Waals surface area contributed by atoms with Crippen molar-refractivity contribution >= 4 is 33.3 Å². The van der Waals surface area contributed by atoms with Crippen molar-refractivity contribution in [3.63, 3.8) is 0 Å². The number of aromatic nitrogens is 2. The van der Waals surface area contributed by atoms with E-state index in [4.69, 9.17) is 4.74 Å². The Kier molecular flexibility index (Phi) is 5.38. The van der Waals surface area contributed by atoms with Crippen LogP contribution in [0.1, 0.15) is 18.9 Å². The molecule has 0 spiro atoms. The Morgan fingerprint density at radius 2 is 2.00 bits per heavy atom. The highest BCUT2D eigenvalue weighted by Crippen LogP contribution is 2.30. The topological polar surface area (TPSA) is 59.1 Å². The normalized spacial score (nSPS) is 10.3. The fourth-order valence-electron chi connectivity index (χ4n) is 2.10. The molecule has 1 heterocycles. The fraction of sp³-hybridized carbons (Fsp3) is 0.333. The zero-order valence-electron chi connectivity index (χ0n) is 12.4. The minimum Gasteiger partial charge on any atom is -0.495 e. The Labute approximate surface area is 133 Å². The van der Waals surface area contributed by atoms with Gasteiger partial charge in [0.2, 0.25) is 0 Å². The Morgan fingerprint density at radius 3 is 2.67 bits per heavy atom. The lowest BCUT2D eigenvalue weighted by molar-refractivity contribution is 0.412. The Morgan fingerprint density at radius 1 is 1.24 bits per heavy atom. The first-order chi connectivity index (χ1) is 10.2. The molecule has 0 atom stereocenters. The number of benzene rings is 1. The molecular formula is C15H19BrN4O. The third-order valence-electron chi connectivity index (χ3n) is 3.10. The summed E-state index contributed by atoms with van der Waals surface area (Å²) in [4.78, 5) is 8.64. The van der Waals surface area contributed by atoms with Crippen LogP contribution >= 0.6 is 15.9 Å². The standard InChI is InChI=1S/C15H19BrN4O/c1-4-5-11-14(17-2)18-9-19-15(11)20-10-6-7-12(16)13(8-10)21-3/h6-9H,4-5H2,1-3H3,(H2,17,18,19,20). The smallest absolute Gasteiger partial charge is 0.139 e. The molecule has 2 N–H and O–H groups in total. The minimum atomic E-state index is 0.778. The lowest BCUT2D eigenvalue weighted by Crippen LogP contribution is -2.05. The van der Waals surface area contributed by atoms with Crippen molar-refractivity contribution < 1.29 is 4.74 Å². The third-order valence-corrected chi connectivity index (χ3v) is 3.75. The molecule has 2 aromatic rings. The molecule has 2 rings (SSSR count). The summed E-state index contributed by atoms with van der Waals surface area (Å²) in [6.45, 7) is 2.14. The SMILES string of the molecule is CCCc1c(NC)ncnc1Nc1ccc(Br)c(OC)c1. The van der Waals surface area contributed by atoms with Crippen LogP contribution in [0.2, 0.25) is 0 Å². The second kappa shape index (κ2) is 7.26. The number of nitrogens with one attached hydrogen (secondary N) is 2. The average molecular weight is 351 g/mol. The van der Waals surface area contributed by atoms with E-state index in [2.05, 4.69) is 43.5 Å². The predicted molar refractivity (Wildman–Crippen MR) is 89.6 cm³/mol. The van der Waals surface area contributed by atoms with Crippen molar-refractivity contribution in [2.75, 3.05) is 24.8 Å². The maximum atomic E-state index is 5.31. The summed E-state index contributed by atoms with van der Waals surface area (Å²) in [5.41, 5.74) is 2.01. The molecule has 0 fully saturated rings. The maximum absolute atomic E-state index is 5.31. The van der Waals surface area contributed by atoms with Gasteiger partial charge in [-0.2, -0.15) is 0 Å². The van der Waals surface area contributed by atoms with Crippen LogP contribution < -0.4 is 15.4 Å². The highest BCUT2D eigenvalue weighted by molar-refractivity contribution is 9.10. The second-order valence-corrected chi connectivity index (χ2v) is 5.38. The number of methoxy groups -OCH3 is 1. The van der Waals surface area contributed by atoms with Crippen molar-refractivity contribution in [2.45, 2.75) is 19.8 Å². The number of anilines is 3. The van der Waals surface area contributed by atoms with Crippen LogP contribution in [0, 0.1) is 0 Å². The summed E-state index contributed by atoms with van der Waals surface area (Å²) in [7, 11) is 3.52. The molecule has 21 heavy (non-hydrogen) atoms. The van der Waals surface area contributed by atoms with Crippen molar-refractivity contribution in [3.05, 3.63) is 34.6 Å². The van der Waals surface area contributed by atoms with Crippen molar-refractivity contribution in [2.24, 2.45) is 0 Å². The highest BCUT2D eigenvalue weighted by atomic mass is 79.9. The summed E-state index contributed by atoms with van der Waals surface area (Å²) < 4.78 is 6.23. The van der Waals surface area contributed by atoms with Gasteiger partial charge in [-0.3, -0.25) is 0 Å². The zero-order chi connectivity index (χ0) is 15.2. The molecule has 6 heteroatoms. The maximum Gasteiger partial charge on any atom is 0.139 e. The van der Waals surface area contributed by atoms with Crippen LogP contribution in [0.25, 0.3) is 0 Å². The van der Waals surface area contributed by atoms with Crippen LogP contribution in [0.5, 0.6) is 5.75 Å². The highest BCUT2D eigenvalue weighted by Gasteiger charge is 2.11. The molecule has 1 aromatic heterocycles. The van der Waals surface area contributed by atoms with E-state index in [9.17, 15) is 0 Å². The molecular weight excluding hydrogens is 332 g/mol. The first-order valence-corrected chi connectivity index (χ1v) is 7.61. The average Bonchev–Trinajstić information content (AvgIpc) is 2.51. The molecule has 0 aliphatic heterocycles. The van der Waals surface area contributed by atoms with Crippen molar-refractivity contribution in [3.8, 4) is 5.75 Å². The number of ether oxygens (including phenoxy) is 1. The Bertz CT molecular complexity index is 619. The summed E-state index contributed by atoms with van der Waals surface area (Å²) in [5, 5.41) is 6.46. The number of hydrogen-bond donors (Lipinski definition) is 2. The van der Waals surface area contributed by atoms with Gasteiger partial charge in [0.15, 0.2) is 0 Å². The van der Waals surface area contributed by atoms with Gasteiger partial charge in [-0.1, -0.05) is 13.3 Å². The molecule has 0 unspecified atom stereocenters. The third kappa shape index (κ3) is 3.64. The van der Waals surface area contributed by atoms with E-state index in [-0.39, 0.29) is 0 Å². The van der Waals surface area contributed by atoms with Crippen LogP contribution in [0.15, 0.2) is 29.0 Å². The Balaban J connectivity index is 2.34. The van der Waals surface area contributed by atoms with Gasteiger partial charge >= 0.3 is 0 Å². The van der Waals surface area contributed by atoms with E-state index in [0.29, 0.717) is 0 Å².